The van der Waals surface area contributed by atoms with E-state index in [1.165, 1.54) is 12.8 Å². The van der Waals surface area contributed by atoms with Gasteiger partial charge in [0.1, 0.15) is 0 Å². The zero-order valence-electron chi connectivity index (χ0n) is 11.3. The first-order valence-electron chi connectivity index (χ1n) is 6.84. The Labute approximate surface area is 100 Å². The first-order valence-corrected chi connectivity index (χ1v) is 6.84. The molecule has 1 saturated carbocycles. The van der Waals surface area contributed by atoms with E-state index < -0.39 is 0 Å². The summed E-state index contributed by atoms with van der Waals surface area (Å²) in [5.74, 6) is 2.49. The van der Waals surface area contributed by atoms with Gasteiger partial charge in [-0.05, 0) is 37.0 Å². The minimum absolute atomic E-state index is 0.260. The standard InChI is InChI=1S/C14H27NO/c1-5-8-15-14(16)13-9-11(4)6-7-12(13)10(2)3/h10-13H,5-9H2,1-4H3,(H,15,16). The molecule has 1 aliphatic carbocycles. The summed E-state index contributed by atoms with van der Waals surface area (Å²) in [7, 11) is 0. The van der Waals surface area contributed by atoms with Crippen molar-refractivity contribution in [2.24, 2.45) is 23.7 Å². The molecule has 0 spiro atoms. The zero-order chi connectivity index (χ0) is 12.1. The Morgan fingerprint density at radius 3 is 2.62 bits per heavy atom. The van der Waals surface area contributed by atoms with Crippen LogP contribution in [0.1, 0.15) is 53.4 Å². The summed E-state index contributed by atoms with van der Waals surface area (Å²) in [6, 6.07) is 0. The lowest BCUT2D eigenvalue weighted by Gasteiger charge is -2.36. The molecule has 0 radical (unpaired) electrons. The molecular formula is C14H27NO. The molecule has 1 rings (SSSR count). The quantitative estimate of drug-likeness (QED) is 0.782. The van der Waals surface area contributed by atoms with Gasteiger partial charge in [0.2, 0.25) is 5.91 Å². The molecular weight excluding hydrogens is 198 g/mol. The van der Waals surface area contributed by atoms with Gasteiger partial charge in [0.15, 0.2) is 0 Å². The first-order chi connectivity index (χ1) is 7.56. The number of carbonyl (C=O) groups is 1. The summed E-state index contributed by atoms with van der Waals surface area (Å²) in [6.07, 6.45) is 4.63. The van der Waals surface area contributed by atoms with E-state index in [1.807, 2.05) is 0 Å². The van der Waals surface area contributed by atoms with Crippen LogP contribution in [-0.4, -0.2) is 12.5 Å². The van der Waals surface area contributed by atoms with Gasteiger partial charge in [-0.2, -0.15) is 0 Å². The molecule has 0 bridgehead atoms. The highest BCUT2D eigenvalue weighted by Gasteiger charge is 2.34. The molecule has 94 valence electrons. The van der Waals surface area contributed by atoms with Crippen LogP contribution in [0.4, 0.5) is 0 Å². The van der Waals surface area contributed by atoms with Gasteiger partial charge in [-0.15, -0.1) is 0 Å². The Morgan fingerprint density at radius 2 is 2.06 bits per heavy atom. The Hall–Kier alpha value is -0.530. The van der Waals surface area contributed by atoms with Crippen LogP contribution in [0.5, 0.6) is 0 Å². The van der Waals surface area contributed by atoms with E-state index in [1.54, 1.807) is 0 Å². The summed E-state index contributed by atoms with van der Waals surface area (Å²) in [5.41, 5.74) is 0. The predicted octanol–water partition coefficient (Wildman–Crippen LogP) is 3.22. The number of carbonyl (C=O) groups excluding carboxylic acids is 1. The number of rotatable bonds is 4. The third-order valence-electron chi connectivity index (χ3n) is 3.91. The van der Waals surface area contributed by atoms with Crippen molar-refractivity contribution in [1.82, 2.24) is 5.32 Å². The van der Waals surface area contributed by atoms with Crippen molar-refractivity contribution in [2.75, 3.05) is 6.54 Å². The van der Waals surface area contributed by atoms with Gasteiger partial charge in [-0.25, -0.2) is 0 Å². The third kappa shape index (κ3) is 3.50. The average Bonchev–Trinajstić information content (AvgIpc) is 2.25. The maximum absolute atomic E-state index is 12.1. The Kier molecular flexibility index (Phi) is 5.30. The summed E-state index contributed by atoms with van der Waals surface area (Å²) < 4.78 is 0. The minimum atomic E-state index is 0.260. The van der Waals surface area contributed by atoms with Gasteiger partial charge < -0.3 is 5.32 Å². The van der Waals surface area contributed by atoms with Crippen molar-refractivity contribution in [3.05, 3.63) is 0 Å². The maximum Gasteiger partial charge on any atom is 0.223 e. The predicted molar refractivity (Wildman–Crippen MR) is 68.1 cm³/mol. The summed E-state index contributed by atoms with van der Waals surface area (Å²) in [5, 5.41) is 3.07. The maximum atomic E-state index is 12.1. The highest BCUT2D eigenvalue weighted by Crippen LogP contribution is 2.37. The van der Waals surface area contributed by atoms with Gasteiger partial charge in [-0.3, -0.25) is 4.79 Å². The van der Waals surface area contributed by atoms with Crippen molar-refractivity contribution in [3.8, 4) is 0 Å². The monoisotopic (exact) mass is 225 g/mol. The van der Waals surface area contributed by atoms with Crippen LogP contribution < -0.4 is 5.32 Å². The van der Waals surface area contributed by atoms with Gasteiger partial charge in [0.25, 0.3) is 0 Å². The molecule has 2 nitrogen and oxygen atoms in total. The van der Waals surface area contributed by atoms with Crippen LogP contribution >= 0.6 is 0 Å². The second kappa shape index (κ2) is 6.27. The highest BCUT2D eigenvalue weighted by molar-refractivity contribution is 5.79. The molecule has 0 aromatic carbocycles. The molecule has 0 aliphatic heterocycles. The van der Waals surface area contributed by atoms with Gasteiger partial charge in [0.05, 0.1) is 0 Å². The molecule has 1 aliphatic rings. The van der Waals surface area contributed by atoms with Crippen LogP contribution in [0.25, 0.3) is 0 Å². The van der Waals surface area contributed by atoms with E-state index >= 15 is 0 Å². The fourth-order valence-electron chi connectivity index (χ4n) is 2.88. The van der Waals surface area contributed by atoms with Crippen LogP contribution in [0, 0.1) is 23.7 Å². The SMILES string of the molecule is CCCNC(=O)C1CC(C)CCC1C(C)C. The fourth-order valence-corrected chi connectivity index (χ4v) is 2.88. The summed E-state index contributed by atoms with van der Waals surface area (Å²) in [6.45, 7) is 9.70. The van der Waals surface area contributed by atoms with Gasteiger partial charge in [-0.1, -0.05) is 34.1 Å². The summed E-state index contributed by atoms with van der Waals surface area (Å²) in [4.78, 5) is 12.1. The van der Waals surface area contributed by atoms with Crippen LogP contribution in [-0.2, 0) is 4.79 Å². The molecule has 3 atom stereocenters. The average molecular weight is 225 g/mol. The van der Waals surface area contributed by atoms with Crippen molar-refractivity contribution in [3.63, 3.8) is 0 Å². The lowest BCUT2D eigenvalue weighted by Crippen LogP contribution is -2.40. The minimum Gasteiger partial charge on any atom is -0.356 e. The van der Waals surface area contributed by atoms with Gasteiger partial charge in [0, 0.05) is 12.5 Å². The molecule has 0 saturated heterocycles. The topological polar surface area (TPSA) is 29.1 Å². The van der Waals surface area contributed by atoms with E-state index in [4.69, 9.17) is 0 Å². The van der Waals surface area contributed by atoms with Gasteiger partial charge >= 0.3 is 0 Å². The second-order valence-electron chi connectivity index (χ2n) is 5.72. The lowest BCUT2D eigenvalue weighted by atomic mass is 9.70. The van der Waals surface area contributed by atoms with E-state index in [0.29, 0.717) is 23.7 Å². The number of amides is 1. The van der Waals surface area contributed by atoms with Crippen molar-refractivity contribution in [1.29, 1.82) is 0 Å². The molecule has 2 heteroatoms. The van der Waals surface area contributed by atoms with E-state index in [2.05, 4.69) is 33.0 Å². The lowest BCUT2D eigenvalue weighted by molar-refractivity contribution is -0.129. The van der Waals surface area contributed by atoms with Crippen molar-refractivity contribution < 1.29 is 4.79 Å². The number of hydrogen-bond acceptors (Lipinski definition) is 1. The van der Waals surface area contributed by atoms with E-state index in [-0.39, 0.29) is 5.92 Å². The molecule has 0 aromatic rings. The van der Waals surface area contributed by atoms with Crippen molar-refractivity contribution >= 4 is 5.91 Å². The second-order valence-corrected chi connectivity index (χ2v) is 5.72. The molecule has 16 heavy (non-hydrogen) atoms. The Morgan fingerprint density at radius 1 is 1.38 bits per heavy atom. The number of hydrogen-bond donors (Lipinski definition) is 1. The molecule has 1 amide bonds. The Balaban J connectivity index is 2.59. The first kappa shape index (κ1) is 13.5. The number of nitrogens with one attached hydrogen (secondary N) is 1. The molecule has 3 unspecified atom stereocenters. The van der Waals surface area contributed by atoms with E-state index in [9.17, 15) is 4.79 Å². The van der Waals surface area contributed by atoms with Crippen molar-refractivity contribution in [2.45, 2.75) is 53.4 Å². The summed E-state index contributed by atoms with van der Waals surface area (Å²) >= 11 is 0. The smallest absolute Gasteiger partial charge is 0.223 e. The normalized spacial score (nSPS) is 30.4. The van der Waals surface area contributed by atoms with Crippen LogP contribution in [0.3, 0.4) is 0 Å². The largest absolute Gasteiger partial charge is 0.356 e. The highest BCUT2D eigenvalue weighted by atomic mass is 16.1. The van der Waals surface area contributed by atoms with Crippen LogP contribution in [0.2, 0.25) is 0 Å². The molecule has 1 N–H and O–H groups in total. The molecule has 0 heterocycles. The third-order valence-corrected chi connectivity index (χ3v) is 3.91. The van der Waals surface area contributed by atoms with E-state index in [0.717, 1.165) is 19.4 Å². The molecule has 1 fully saturated rings. The van der Waals surface area contributed by atoms with Crippen LogP contribution in [0.15, 0.2) is 0 Å². The molecule has 0 aromatic heterocycles. The fraction of sp³-hybridized carbons (Fsp3) is 0.929. The Bertz CT molecular complexity index is 225. The zero-order valence-corrected chi connectivity index (χ0v) is 11.3.